The zero-order valence-electron chi connectivity index (χ0n) is 14.8. The highest BCUT2D eigenvalue weighted by Gasteiger charge is 2.19. The second-order valence-electron chi connectivity index (χ2n) is 6.73. The van der Waals surface area contributed by atoms with Crippen LogP contribution >= 0.6 is 0 Å². The zero-order valence-corrected chi connectivity index (χ0v) is 14.8. The summed E-state index contributed by atoms with van der Waals surface area (Å²) in [6.07, 6.45) is 0.733. The van der Waals surface area contributed by atoms with Gasteiger partial charge in [0, 0.05) is 26.2 Å². The van der Waals surface area contributed by atoms with Crippen LogP contribution in [0, 0.1) is 6.92 Å². The minimum Gasteiger partial charge on any atom is -0.444 e. The molecule has 1 aromatic rings. The third-order valence-corrected chi connectivity index (χ3v) is 3.43. The van der Waals surface area contributed by atoms with E-state index in [9.17, 15) is 4.79 Å². The van der Waals surface area contributed by atoms with Gasteiger partial charge in [-0.2, -0.15) is 0 Å². The molecule has 4 nitrogen and oxygen atoms in total. The molecule has 0 bridgehead atoms. The van der Waals surface area contributed by atoms with Gasteiger partial charge in [0.1, 0.15) is 5.60 Å². The van der Waals surface area contributed by atoms with Gasteiger partial charge in [0.05, 0.1) is 0 Å². The summed E-state index contributed by atoms with van der Waals surface area (Å²) in [5, 5.41) is 3.50. The van der Waals surface area contributed by atoms with Gasteiger partial charge < -0.3 is 15.0 Å². The number of benzene rings is 1. The minimum atomic E-state index is -0.452. The molecule has 22 heavy (non-hydrogen) atoms. The van der Waals surface area contributed by atoms with Crippen molar-refractivity contribution in [2.75, 3.05) is 20.1 Å². The maximum atomic E-state index is 11.9. The maximum Gasteiger partial charge on any atom is 0.410 e. The monoisotopic (exact) mass is 306 g/mol. The van der Waals surface area contributed by atoms with Gasteiger partial charge in [-0.1, -0.05) is 36.8 Å². The molecule has 1 rings (SSSR count). The van der Waals surface area contributed by atoms with Crippen molar-refractivity contribution in [1.29, 1.82) is 0 Å². The molecule has 0 saturated carbocycles. The number of hydrogen-bond donors (Lipinski definition) is 1. The lowest BCUT2D eigenvalue weighted by atomic mass is 10.0. The number of nitrogens with one attached hydrogen (secondary N) is 1. The topological polar surface area (TPSA) is 41.6 Å². The number of aryl methyl sites for hydroxylation is 1. The molecule has 0 spiro atoms. The highest BCUT2D eigenvalue weighted by Crippen LogP contribution is 2.16. The second kappa shape index (κ2) is 8.18. The van der Waals surface area contributed by atoms with E-state index in [1.54, 1.807) is 11.9 Å². The minimum absolute atomic E-state index is 0.280. The van der Waals surface area contributed by atoms with Crippen molar-refractivity contribution < 1.29 is 9.53 Å². The number of rotatable bonds is 6. The van der Waals surface area contributed by atoms with Gasteiger partial charge in [-0.15, -0.1) is 0 Å². The number of amides is 1. The molecular weight excluding hydrogens is 276 g/mol. The standard InChI is InChI=1S/C18H30N2O2/c1-7-16(15-10-8-14(2)9-11-15)19-12-13-20(6)17(21)22-18(3,4)5/h8-11,16,19H,7,12-13H2,1-6H3. The molecule has 1 aromatic carbocycles. The van der Waals surface area contributed by atoms with Gasteiger partial charge in [0.2, 0.25) is 0 Å². The fourth-order valence-electron chi connectivity index (χ4n) is 2.13. The van der Waals surface area contributed by atoms with E-state index in [-0.39, 0.29) is 6.09 Å². The first kappa shape index (κ1) is 18.5. The first-order chi connectivity index (χ1) is 10.2. The Labute approximate surface area is 134 Å². The molecule has 1 N–H and O–H groups in total. The molecule has 0 radical (unpaired) electrons. The van der Waals surface area contributed by atoms with E-state index in [0.29, 0.717) is 12.6 Å². The fraction of sp³-hybridized carbons (Fsp3) is 0.611. The Kier molecular flexibility index (Phi) is 6.88. The van der Waals surface area contributed by atoms with E-state index in [1.165, 1.54) is 11.1 Å². The van der Waals surface area contributed by atoms with E-state index in [0.717, 1.165) is 13.0 Å². The first-order valence-electron chi connectivity index (χ1n) is 7.97. The molecule has 0 saturated heterocycles. The predicted octanol–water partition coefficient (Wildman–Crippen LogP) is 3.90. The highest BCUT2D eigenvalue weighted by atomic mass is 16.6. The van der Waals surface area contributed by atoms with Crippen molar-refractivity contribution >= 4 is 6.09 Å². The molecule has 1 atom stereocenters. The number of ether oxygens (including phenoxy) is 1. The van der Waals surface area contributed by atoms with Crippen LogP contribution in [0.5, 0.6) is 0 Å². The lowest BCUT2D eigenvalue weighted by molar-refractivity contribution is 0.0299. The Hall–Kier alpha value is -1.55. The van der Waals surface area contributed by atoms with Crippen molar-refractivity contribution in [2.45, 2.75) is 52.7 Å². The summed E-state index contributed by atoms with van der Waals surface area (Å²) in [5.41, 5.74) is 2.10. The van der Waals surface area contributed by atoms with Crippen molar-refractivity contribution in [3.05, 3.63) is 35.4 Å². The van der Waals surface area contributed by atoms with Crippen molar-refractivity contribution in [1.82, 2.24) is 10.2 Å². The van der Waals surface area contributed by atoms with Gasteiger partial charge >= 0.3 is 6.09 Å². The normalized spacial score (nSPS) is 12.8. The molecule has 4 heteroatoms. The van der Waals surface area contributed by atoms with Gasteiger partial charge in [-0.3, -0.25) is 0 Å². The van der Waals surface area contributed by atoms with Crippen LogP contribution in [0.1, 0.15) is 51.3 Å². The summed E-state index contributed by atoms with van der Waals surface area (Å²) < 4.78 is 5.34. The van der Waals surface area contributed by atoms with Crippen LogP contribution in [0.3, 0.4) is 0 Å². The molecular formula is C18H30N2O2. The van der Waals surface area contributed by atoms with E-state index >= 15 is 0 Å². The van der Waals surface area contributed by atoms with Crippen LogP contribution in [0.2, 0.25) is 0 Å². The van der Waals surface area contributed by atoms with Crippen molar-refractivity contribution in [2.24, 2.45) is 0 Å². The van der Waals surface area contributed by atoms with E-state index in [2.05, 4.69) is 43.4 Å². The Bertz CT molecular complexity index is 463. The van der Waals surface area contributed by atoms with Crippen molar-refractivity contribution in [3.8, 4) is 0 Å². The third-order valence-electron chi connectivity index (χ3n) is 3.43. The van der Waals surface area contributed by atoms with Crippen LogP contribution < -0.4 is 5.32 Å². The lowest BCUT2D eigenvalue weighted by Crippen LogP contribution is -2.38. The number of carbonyl (C=O) groups excluding carboxylic acids is 1. The molecule has 1 amide bonds. The van der Waals surface area contributed by atoms with Crippen LogP contribution in [0.4, 0.5) is 4.79 Å². The summed E-state index contributed by atoms with van der Waals surface area (Å²) >= 11 is 0. The quantitative estimate of drug-likeness (QED) is 0.866. The summed E-state index contributed by atoms with van der Waals surface area (Å²) in [7, 11) is 1.77. The van der Waals surface area contributed by atoms with Crippen molar-refractivity contribution in [3.63, 3.8) is 0 Å². The van der Waals surface area contributed by atoms with Gasteiger partial charge in [-0.05, 0) is 39.7 Å². The SMILES string of the molecule is CCC(NCCN(C)C(=O)OC(C)(C)C)c1ccc(C)cc1. The van der Waals surface area contributed by atoms with Crippen LogP contribution in [-0.2, 0) is 4.74 Å². The van der Waals surface area contributed by atoms with Gasteiger partial charge in [0.15, 0.2) is 0 Å². The predicted molar refractivity (Wildman–Crippen MR) is 91.1 cm³/mol. The first-order valence-corrected chi connectivity index (χ1v) is 7.97. The zero-order chi connectivity index (χ0) is 16.8. The molecule has 0 aliphatic carbocycles. The number of hydrogen-bond acceptors (Lipinski definition) is 3. The molecule has 0 fully saturated rings. The van der Waals surface area contributed by atoms with E-state index < -0.39 is 5.60 Å². The van der Waals surface area contributed by atoms with E-state index in [4.69, 9.17) is 4.74 Å². The summed E-state index contributed by atoms with van der Waals surface area (Å²) in [4.78, 5) is 13.5. The largest absolute Gasteiger partial charge is 0.444 e. The summed E-state index contributed by atoms with van der Waals surface area (Å²) in [5.74, 6) is 0. The number of carbonyl (C=O) groups is 1. The van der Waals surface area contributed by atoms with E-state index in [1.807, 2.05) is 20.8 Å². The number of nitrogens with zero attached hydrogens (tertiary/aromatic N) is 1. The smallest absolute Gasteiger partial charge is 0.410 e. The molecule has 1 unspecified atom stereocenters. The van der Waals surface area contributed by atoms with Crippen LogP contribution in [0.25, 0.3) is 0 Å². The van der Waals surface area contributed by atoms with Crippen LogP contribution in [-0.4, -0.2) is 36.7 Å². The average Bonchev–Trinajstić information content (AvgIpc) is 2.43. The highest BCUT2D eigenvalue weighted by molar-refractivity contribution is 5.67. The third kappa shape index (κ3) is 6.48. The Balaban J connectivity index is 2.44. The molecule has 0 aliphatic heterocycles. The van der Waals surface area contributed by atoms with Gasteiger partial charge in [0.25, 0.3) is 0 Å². The summed E-state index contributed by atoms with van der Waals surface area (Å²) in [6.45, 7) is 11.2. The molecule has 0 heterocycles. The summed E-state index contributed by atoms with van der Waals surface area (Å²) in [6, 6.07) is 8.90. The molecule has 124 valence electrons. The van der Waals surface area contributed by atoms with Crippen LogP contribution in [0.15, 0.2) is 24.3 Å². The molecule has 0 aliphatic rings. The fourth-order valence-corrected chi connectivity index (χ4v) is 2.13. The lowest BCUT2D eigenvalue weighted by Gasteiger charge is -2.25. The molecule has 0 aromatic heterocycles. The Morgan fingerprint density at radius 2 is 1.86 bits per heavy atom. The maximum absolute atomic E-state index is 11.9. The average molecular weight is 306 g/mol. The Morgan fingerprint density at radius 3 is 2.36 bits per heavy atom. The van der Waals surface area contributed by atoms with Gasteiger partial charge in [-0.25, -0.2) is 4.79 Å². The Morgan fingerprint density at radius 1 is 1.27 bits per heavy atom. The second-order valence-corrected chi connectivity index (χ2v) is 6.73. The number of likely N-dealkylation sites (N-methyl/N-ethyl adjacent to an activating group) is 1.